The number of carbonyl (C=O) groups excluding carboxylic acids is 1. The van der Waals surface area contributed by atoms with Crippen molar-refractivity contribution in [3.05, 3.63) is 64.3 Å². The van der Waals surface area contributed by atoms with Crippen molar-refractivity contribution in [1.82, 2.24) is 14.4 Å². The Morgan fingerprint density at radius 2 is 1.88 bits per heavy atom. The first kappa shape index (κ1) is 21.7. The first-order valence-electron chi connectivity index (χ1n) is 10.8. The Morgan fingerprint density at radius 3 is 2.53 bits per heavy atom. The number of fused-ring (bicyclic) bond motifs is 1. The molecule has 0 N–H and O–H groups in total. The average molecular weight is 434 g/mol. The lowest BCUT2D eigenvalue weighted by molar-refractivity contribution is 0.0715. The Balaban J connectivity index is 1.65. The number of anilines is 1. The third kappa shape index (κ3) is 4.12. The van der Waals surface area contributed by atoms with E-state index in [1.54, 1.807) is 21.6 Å². The summed E-state index contributed by atoms with van der Waals surface area (Å²) in [6, 6.07) is 13.3. The lowest BCUT2D eigenvalue weighted by Gasteiger charge is -2.36. The molecule has 0 bridgehead atoms. The molecule has 166 valence electrons. The van der Waals surface area contributed by atoms with E-state index < -0.39 is 0 Å². The fourth-order valence-corrected chi connectivity index (χ4v) is 4.28. The van der Waals surface area contributed by atoms with Crippen LogP contribution in [-0.4, -0.2) is 67.1 Å². The molecule has 8 nitrogen and oxygen atoms in total. The van der Waals surface area contributed by atoms with Crippen molar-refractivity contribution in [3.8, 4) is 6.07 Å². The standard InChI is InChI=1S/C24H27N5O3/c1-26(2)10-6-11-29-20-8-4-3-7-18(20)22(19(17-25)23(29)30)27-12-14-28(15-13-27)24(31)21-9-5-16-32-21/h3-5,7-9,16H,6,10-15H2,1-2H3. The van der Waals surface area contributed by atoms with E-state index in [0.717, 1.165) is 23.9 Å². The molecule has 1 aromatic carbocycles. The summed E-state index contributed by atoms with van der Waals surface area (Å²) in [4.78, 5) is 31.8. The van der Waals surface area contributed by atoms with Gasteiger partial charge in [-0.1, -0.05) is 18.2 Å². The zero-order chi connectivity index (χ0) is 22.7. The van der Waals surface area contributed by atoms with Gasteiger partial charge in [0.1, 0.15) is 11.6 Å². The van der Waals surface area contributed by atoms with Crippen LogP contribution >= 0.6 is 0 Å². The van der Waals surface area contributed by atoms with Crippen molar-refractivity contribution in [3.63, 3.8) is 0 Å². The summed E-state index contributed by atoms with van der Waals surface area (Å²) in [5.41, 5.74) is 1.41. The van der Waals surface area contributed by atoms with Gasteiger partial charge in [-0.2, -0.15) is 5.26 Å². The molecule has 0 aliphatic carbocycles. The number of aromatic nitrogens is 1. The van der Waals surface area contributed by atoms with Crippen molar-refractivity contribution in [2.75, 3.05) is 51.7 Å². The van der Waals surface area contributed by atoms with Crippen LogP contribution in [0.5, 0.6) is 0 Å². The number of carbonyl (C=O) groups is 1. The molecule has 0 radical (unpaired) electrons. The maximum Gasteiger partial charge on any atom is 0.289 e. The van der Waals surface area contributed by atoms with E-state index in [9.17, 15) is 14.9 Å². The first-order chi connectivity index (χ1) is 15.5. The molecule has 3 aromatic rings. The number of furan rings is 1. The Labute approximate surface area is 186 Å². The number of pyridine rings is 1. The Hall–Kier alpha value is -3.57. The molecule has 0 spiro atoms. The molecule has 8 heteroatoms. The third-order valence-corrected chi connectivity index (χ3v) is 5.86. The second kappa shape index (κ2) is 9.28. The number of hydrogen-bond acceptors (Lipinski definition) is 6. The third-order valence-electron chi connectivity index (χ3n) is 5.86. The van der Waals surface area contributed by atoms with Crippen LogP contribution in [0.1, 0.15) is 22.5 Å². The van der Waals surface area contributed by atoms with Gasteiger partial charge < -0.3 is 23.7 Å². The number of hydrogen-bond donors (Lipinski definition) is 0. The maximum absolute atomic E-state index is 13.3. The van der Waals surface area contributed by atoms with Crippen molar-refractivity contribution < 1.29 is 9.21 Å². The lowest BCUT2D eigenvalue weighted by Crippen LogP contribution is -2.49. The molecule has 0 atom stereocenters. The summed E-state index contributed by atoms with van der Waals surface area (Å²) in [6.07, 6.45) is 2.30. The van der Waals surface area contributed by atoms with Gasteiger partial charge in [0.2, 0.25) is 0 Å². The summed E-state index contributed by atoms with van der Waals surface area (Å²) >= 11 is 0. The zero-order valence-electron chi connectivity index (χ0n) is 18.5. The highest BCUT2D eigenvalue weighted by atomic mass is 16.3. The number of rotatable bonds is 6. The van der Waals surface area contributed by atoms with Crippen LogP contribution in [0.3, 0.4) is 0 Å². The van der Waals surface area contributed by atoms with E-state index in [0.29, 0.717) is 44.2 Å². The lowest BCUT2D eigenvalue weighted by atomic mass is 10.1. The topological polar surface area (TPSA) is 85.7 Å². The number of aryl methyl sites for hydroxylation is 1. The van der Waals surface area contributed by atoms with Crippen LogP contribution in [0.15, 0.2) is 51.9 Å². The Bertz CT molecular complexity index is 1200. The van der Waals surface area contributed by atoms with Crippen LogP contribution in [0.2, 0.25) is 0 Å². The minimum Gasteiger partial charge on any atom is -0.459 e. The molecule has 1 saturated heterocycles. The second-order valence-electron chi connectivity index (χ2n) is 8.22. The van der Waals surface area contributed by atoms with E-state index in [1.165, 1.54) is 6.26 Å². The highest BCUT2D eigenvalue weighted by Gasteiger charge is 2.27. The number of piperazine rings is 1. The van der Waals surface area contributed by atoms with Crippen LogP contribution in [0.4, 0.5) is 5.69 Å². The molecule has 1 aliphatic rings. The van der Waals surface area contributed by atoms with Crippen LogP contribution in [-0.2, 0) is 6.54 Å². The molecule has 1 amide bonds. The molecule has 2 aromatic heterocycles. The second-order valence-corrected chi connectivity index (χ2v) is 8.22. The minimum atomic E-state index is -0.256. The Morgan fingerprint density at radius 1 is 1.12 bits per heavy atom. The largest absolute Gasteiger partial charge is 0.459 e. The zero-order valence-corrected chi connectivity index (χ0v) is 18.5. The van der Waals surface area contributed by atoms with E-state index >= 15 is 0 Å². The average Bonchev–Trinajstić information content (AvgIpc) is 3.34. The molecule has 3 heterocycles. The van der Waals surface area contributed by atoms with Crippen LogP contribution < -0.4 is 10.5 Å². The number of nitriles is 1. The highest BCUT2D eigenvalue weighted by Crippen LogP contribution is 2.30. The van der Waals surface area contributed by atoms with Gasteiger partial charge in [0, 0.05) is 38.1 Å². The monoisotopic (exact) mass is 433 g/mol. The number of para-hydroxylation sites is 1. The first-order valence-corrected chi connectivity index (χ1v) is 10.8. The van der Waals surface area contributed by atoms with Gasteiger partial charge in [0.05, 0.1) is 17.5 Å². The van der Waals surface area contributed by atoms with Gasteiger partial charge in [-0.05, 0) is 45.3 Å². The highest BCUT2D eigenvalue weighted by molar-refractivity contribution is 5.95. The number of benzene rings is 1. The van der Waals surface area contributed by atoms with Crippen molar-refractivity contribution in [1.29, 1.82) is 5.26 Å². The van der Waals surface area contributed by atoms with Crippen LogP contribution in [0.25, 0.3) is 10.9 Å². The summed E-state index contributed by atoms with van der Waals surface area (Å²) < 4.78 is 6.95. The van der Waals surface area contributed by atoms with Crippen molar-refractivity contribution in [2.24, 2.45) is 0 Å². The van der Waals surface area contributed by atoms with Gasteiger partial charge in [0.25, 0.3) is 11.5 Å². The van der Waals surface area contributed by atoms with Gasteiger partial charge in [-0.3, -0.25) is 9.59 Å². The van der Waals surface area contributed by atoms with Gasteiger partial charge in [-0.25, -0.2) is 0 Å². The maximum atomic E-state index is 13.3. The fraction of sp³-hybridized carbons (Fsp3) is 0.375. The molecule has 1 aliphatic heterocycles. The SMILES string of the molecule is CN(C)CCCn1c(=O)c(C#N)c(N2CCN(C(=O)c3ccco3)CC2)c2ccccc21. The van der Waals surface area contributed by atoms with Crippen molar-refractivity contribution >= 4 is 22.5 Å². The molecule has 0 saturated carbocycles. The molecule has 4 rings (SSSR count). The van der Waals surface area contributed by atoms with E-state index in [1.807, 2.05) is 38.4 Å². The predicted octanol–water partition coefficient (Wildman–Crippen LogP) is 2.38. The smallest absolute Gasteiger partial charge is 0.289 e. The van der Waals surface area contributed by atoms with E-state index in [4.69, 9.17) is 4.42 Å². The normalized spacial score (nSPS) is 14.2. The molecular formula is C24H27N5O3. The summed E-state index contributed by atoms with van der Waals surface area (Å²) in [5, 5.41) is 10.8. The molecular weight excluding hydrogens is 406 g/mol. The molecule has 1 fully saturated rings. The van der Waals surface area contributed by atoms with Gasteiger partial charge in [0.15, 0.2) is 5.76 Å². The van der Waals surface area contributed by atoms with Crippen molar-refractivity contribution in [2.45, 2.75) is 13.0 Å². The molecule has 0 unspecified atom stereocenters. The minimum absolute atomic E-state index is 0.142. The quantitative estimate of drug-likeness (QED) is 0.593. The number of amides is 1. The number of nitrogens with zero attached hydrogens (tertiary/aromatic N) is 5. The predicted molar refractivity (Wildman–Crippen MR) is 123 cm³/mol. The summed E-state index contributed by atoms with van der Waals surface area (Å²) in [5.74, 6) is 0.179. The summed E-state index contributed by atoms with van der Waals surface area (Å²) in [6.45, 7) is 3.47. The van der Waals surface area contributed by atoms with Gasteiger partial charge in [-0.15, -0.1) is 0 Å². The fourth-order valence-electron chi connectivity index (χ4n) is 4.28. The molecule has 32 heavy (non-hydrogen) atoms. The Kier molecular flexibility index (Phi) is 6.28. The van der Waals surface area contributed by atoms with E-state index in [2.05, 4.69) is 15.9 Å². The van der Waals surface area contributed by atoms with E-state index in [-0.39, 0.29) is 17.0 Å². The van der Waals surface area contributed by atoms with Gasteiger partial charge >= 0.3 is 0 Å². The summed E-state index contributed by atoms with van der Waals surface area (Å²) in [7, 11) is 4.00. The van der Waals surface area contributed by atoms with Crippen LogP contribution in [0, 0.1) is 11.3 Å².